The van der Waals surface area contributed by atoms with Crippen LogP contribution in [0.2, 0.25) is 0 Å². The Morgan fingerprint density at radius 2 is 2.42 bits per heavy atom. The SMILES string of the molecule is COS(=O)(=O)CC1CCC=CO1. The standard InChI is InChI=1S/C7H12O4S/c1-10-12(8,9)6-7-4-2-3-5-11-7/h3,5,7H,2,4,6H2,1H3. The van der Waals surface area contributed by atoms with E-state index in [1.54, 1.807) is 6.26 Å². The zero-order chi connectivity index (χ0) is 9.03. The molecule has 0 bridgehead atoms. The second-order valence-corrected chi connectivity index (χ2v) is 4.38. The highest BCUT2D eigenvalue weighted by Crippen LogP contribution is 2.12. The first-order valence-corrected chi connectivity index (χ1v) is 5.30. The van der Waals surface area contributed by atoms with Crippen LogP contribution in [0, 0.1) is 0 Å². The lowest BCUT2D eigenvalue weighted by atomic mass is 10.2. The summed E-state index contributed by atoms with van der Waals surface area (Å²) in [6.45, 7) is 0. The van der Waals surface area contributed by atoms with Crippen LogP contribution in [0.15, 0.2) is 12.3 Å². The molecule has 1 unspecified atom stereocenters. The summed E-state index contributed by atoms with van der Waals surface area (Å²) >= 11 is 0. The van der Waals surface area contributed by atoms with Gasteiger partial charge in [0.2, 0.25) is 0 Å². The van der Waals surface area contributed by atoms with Crippen LogP contribution in [-0.4, -0.2) is 27.4 Å². The van der Waals surface area contributed by atoms with Gasteiger partial charge in [-0.15, -0.1) is 0 Å². The Morgan fingerprint density at radius 1 is 1.67 bits per heavy atom. The van der Waals surface area contributed by atoms with Gasteiger partial charge in [-0.2, -0.15) is 8.42 Å². The van der Waals surface area contributed by atoms with Crippen molar-refractivity contribution in [3.8, 4) is 0 Å². The van der Waals surface area contributed by atoms with Crippen LogP contribution in [0.4, 0.5) is 0 Å². The summed E-state index contributed by atoms with van der Waals surface area (Å²) in [5, 5.41) is 0. The zero-order valence-electron chi connectivity index (χ0n) is 6.89. The molecule has 0 aromatic rings. The number of rotatable bonds is 3. The topological polar surface area (TPSA) is 52.6 Å². The van der Waals surface area contributed by atoms with Crippen molar-refractivity contribution in [3.63, 3.8) is 0 Å². The van der Waals surface area contributed by atoms with Gasteiger partial charge in [-0.25, -0.2) is 0 Å². The monoisotopic (exact) mass is 192 g/mol. The number of hydrogen-bond donors (Lipinski definition) is 0. The van der Waals surface area contributed by atoms with Crippen molar-refractivity contribution in [3.05, 3.63) is 12.3 Å². The molecule has 12 heavy (non-hydrogen) atoms. The van der Waals surface area contributed by atoms with E-state index in [4.69, 9.17) is 4.74 Å². The van der Waals surface area contributed by atoms with E-state index in [1.165, 1.54) is 0 Å². The van der Waals surface area contributed by atoms with E-state index in [0.717, 1.165) is 20.0 Å². The lowest BCUT2D eigenvalue weighted by Gasteiger charge is -2.18. The van der Waals surface area contributed by atoms with Crippen LogP contribution in [0.25, 0.3) is 0 Å². The molecule has 0 amide bonds. The van der Waals surface area contributed by atoms with Crippen molar-refractivity contribution < 1.29 is 17.3 Å². The molecule has 1 aliphatic rings. The Bertz CT molecular complexity index is 255. The zero-order valence-corrected chi connectivity index (χ0v) is 7.71. The molecule has 0 aromatic carbocycles. The molecule has 0 aliphatic carbocycles. The maximum atomic E-state index is 10.9. The van der Waals surface area contributed by atoms with Gasteiger partial charge in [0, 0.05) is 0 Å². The van der Waals surface area contributed by atoms with Crippen LogP contribution in [0.3, 0.4) is 0 Å². The summed E-state index contributed by atoms with van der Waals surface area (Å²) in [5.74, 6) is -0.0617. The van der Waals surface area contributed by atoms with Crippen molar-refractivity contribution >= 4 is 10.1 Å². The summed E-state index contributed by atoms with van der Waals surface area (Å²) in [4.78, 5) is 0. The predicted octanol–water partition coefficient (Wildman–Crippen LogP) is 0.655. The smallest absolute Gasteiger partial charge is 0.270 e. The molecule has 0 fully saturated rings. The van der Waals surface area contributed by atoms with Crippen molar-refractivity contribution in [2.75, 3.05) is 12.9 Å². The maximum absolute atomic E-state index is 10.9. The third-order valence-electron chi connectivity index (χ3n) is 1.67. The van der Waals surface area contributed by atoms with Crippen LogP contribution in [0.5, 0.6) is 0 Å². The maximum Gasteiger partial charge on any atom is 0.270 e. The van der Waals surface area contributed by atoms with Crippen molar-refractivity contribution in [2.24, 2.45) is 0 Å². The van der Waals surface area contributed by atoms with Crippen molar-refractivity contribution in [1.82, 2.24) is 0 Å². The molecule has 4 nitrogen and oxygen atoms in total. The Kier molecular flexibility index (Phi) is 3.11. The molecule has 0 saturated heterocycles. The minimum atomic E-state index is -3.38. The summed E-state index contributed by atoms with van der Waals surface area (Å²) in [5.41, 5.74) is 0. The van der Waals surface area contributed by atoms with Gasteiger partial charge in [-0.1, -0.05) is 0 Å². The van der Waals surface area contributed by atoms with Crippen LogP contribution >= 0.6 is 0 Å². The van der Waals surface area contributed by atoms with Gasteiger partial charge in [-0.05, 0) is 18.9 Å². The fourth-order valence-corrected chi connectivity index (χ4v) is 1.84. The average molecular weight is 192 g/mol. The third-order valence-corrected chi connectivity index (χ3v) is 2.95. The minimum absolute atomic E-state index is 0.0617. The summed E-state index contributed by atoms with van der Waals surface area (Å²) in [6, 6.07) is 0. The lowest BCUT2D eigenvalue weighted by molar-refractivity contribution is 0.141. The van der Waals surface area contributed by atoms with Crippen LogP contribution in [0.1, 0.15) is 12.8 Å². The van der Waals surface area contributed by atoms with E-state index in [9.17, 15) is 8.42 Å². The number of allylic oxidation sites excluding steroid dienone is 1. The highest BCUT2D eigenvalue weighted by atomic mass is 32.2. The molecule has 0 aromatic heterocycles. The van der Waals surface area contributed by atoms with E-state index in [-0.39, 0.29) is 11.9 Å². The fourth-order valence-electron chi connectivity index (χ4n) is 1.00. The second kappa shape index (κ2) is 3.91. The number of ether oxygens (including phenoxy) is 1. The molecule has 1 rings (SSSR count). The summed E-state index contributed by atoms with van der Waals surface area (Å²) in [6.07, 6.45) is 4.76. The first kappa shape index (κ1) is 9.54. The number of hydrogen-bond acceptors (Lipinski definition) is 4. The Morgan fingerprint density at radius 3 is 2.92 bits per heavy atom. The normalized spacial score (nSPS) is 23.6. The molecule has 0 spiro atoms. The summed E-state index contributed by atoms with van der Waals surface area (Å²) < 4.78 is 31.3. The van der Waals surface area contributed by atoms with E-state index in [0.29, 0.717) is 0 Å². The highest BCUT2D eigenvalue weighted by molar-refractivity contribution is 7.86. The third kappa shape index (κ3) is 2.83. The van der Waals surface area contributed by atoms with Gasteiger partial charge in [0.05, 0.1) is 13.4 Å². The molecule has 0 N–H and O–H groups in total. The molecule has 0 radical (unpaired) electrons. The largest absolute Gasteiger partial charge is 0.497 e. The van der Waals surface area contributed by atoms with Gasteiger partial charge in [0.15, 0.2) is 0 Å². The molecule has 0 saturated carbocycles. The van der Waals surface area contributed by atoms with Crippen molar-refractivity contribution in [1.29, 1.82) is 0 Å². The Balaban J connectivity index is 2.46. The molecule has 70 valence electrons. The van der Waals surface area contributed by atoms with E-state index in [2.05, 4.69) is 4.18 Å². The van der Waals surface area contributed by atoms with E-state index in [1.807, 2.05) is 6.08 Å². The van der Waals surface area contributed by atoms with Crippen LogP contribution < -0.4 is 0 Å². The predicted molar refractivity (Wildman–Crippen MR) is 44.0 cm³/mol. The van der Waals surface area contributed by atoms with Gasteiger partial charge in [-0.3, -0.25) is 4.18 Å². The molecular formula is C7H12O4S. The fraction of sp³-hybridized carbons (Fsp3) is 0.714. The van der Waals surface area contributed by atoms with Gasteiger partial charge in [0.25, 0.3) is 10.1 Å². The quantitative estimate of drug-likeness (QED) is 0.616. The first-order valence-electron chi connectivity index (χ1n) is 3.73. The van der Waals surface area contributed by atoms with Crippen molar-refractivity contribution in [2.45, 2.75) is 18.9 Å². The molecular weight excluding hydrogens is 180 g/mol. The molecule has 1 aliphatic heterocycles. The van der Waals surface area contributed by atoms with Gasteiger partial charge in [0.1, 0.15) is 11.9 Å². The lowest BCUT2D eigenvalue weighted by Crippen LogP contribution is -2.24. The Labute approximate surface area is 72.3 Å². The molecule has 5 heteroatoms. The minimum Gasteiger partial charge on any atom is -0.497 e. The molecule has 1 heterocycles. The Hall–Kier alpha value is -0.550. The van der Waals surface area contributed by atoms with Gasteiger partial charge >= 0.3 is 0 Å². The van der Waals surface area contributed by atoms with Gasteiger partial charge < -0.3 is 4.74 Å². The van der Waals surface area contributed by atoms with E-state index < -0.39 is 10.1 Å². The first-order chi connectivity index (χ1) is 5.64. The van der Waals surface area contributed by atoms with Crippen LogP contribution in [-0.2, 0) is 19.0 Å². The second-order valence-electron chi connectivity index (χ2n) is 2.60. The molecule has 1 atom stereocenters. The average Bonchev–Trinajstić information content (AvgIpc) is 2.06. The van der Waals surface area contributed by atoms with E-state index >= 15 is 0 Å². The highest BCUT2D eigenvalue weighted by Gasteiger charge is 2.20. The summed E-state index contributed by atoms with van der Waals surface area (Å²) in [7, 11) is -2.22.